The summed E-state index contributed by atoms with van der Waals surface area (Å²) in [5.74, 6) is 0.615. The number of amides is 1. The zero-order chi connectivity index (χ0) is 20.8. The minimum atomic E-state index is -0.0391. The third-order valence-electron chi connectivity index (χ3n) is 5.34. The van der Waals surface area contributed by atoms with Crippen LogP contribution in [0.1, 0.15) is 44.3 Å². The molecule has 1 saturated carbocycles. The van der Waals surface area contributed by atoms with Crippen molar-refractivity contribution in [3.05, 3.63) is 58.3 Å². The summed E-state index contributed by atoms with van der Waals surface area (Å²) >= 11 is 16.3. The van der Waals surface area contributed by atoms with Gasteiger partial charge in [-0.25, -0.2) is 0 Å². The molecule has 2 aromatic rings. The smallest absolute Gasteiger partial charge is 0.232 e. The van der Waals surface area contributed by atoms with E-state index in [9.17, 15) is 4.79 Å². The monoisotopic (exact) mass is 468 g/mol. The van der Waals surface area contributed by atoms with Crippen LogP contribution in [-0.4, -0.2) is 39.1 Å². The summed E-state index contributed by atoms with van der Waals surface area (Å²) in [6, 6.07) is 11.4. The summed E-state index contributed by atoms with van der Waals surface area (Å²) in [5, 5.41) is 2.25. The first-order valence-electron chi connectivity index (χ1n) is 9.86. The number of pyridine rings is 1. The second kappa shape index (κ2) is 10.9. The Labute approximate surface area is 191 Å². The van der Waals surface area contributed by atoms with E-state index in [2.05, 4.69) is 4.98 Å². The van der Waals surface area contributed by atoms with E-state index in [1.165, 1.54) is 12.8 Å². The van der Waals surface area contributed by atoms with Gasteiger partial charge in [0.1, 0.15) is 0 Å². The molecule has 3 unspecified atom stereocenters. The molecular weight excluding hydrogens is 443 g/mol. The van der Waals surface area contributed by atoms with Gasteiger partial charge >= 0.3 is 0 Å². The van der Waals surface area contributed by atoms with Crippen LogP contribution in [0.2, 0.25) is 10.0 Å². The molecule has 1 aliphatic rings. The number of hydrogen-bond donors (Lipinski definition) is 0. The highest BCUT2D eigenvalue weighted by atomic mass is 35.5. The van der Waals surface area contributed by atoms with Crippen LogP contribution in [0.15, 0.2) is 47.5 Å². The van der Waals surface area contributed by atoms with Gasteiger partial charge in [0.25, 0.3) is 0 Å². The second-order valence-corrected chi connectivity index (χ2v) is 10.6. The summed E-state index contributed by atoms with van der Waals surface area (Å²) in [4.78, 5) is 19.9. The summed E-state index contributed by atoms with van der Waals surface area (Å²) in [6.07, 6.45) is 6.43. The molecule has 0 radical (unpaired) electrons. The van der Waals surface area contributed by atoms with Gasteiger partial charge in [0.15, 0.2) is 0 Å². The molecule has 1 aromatic heterocycles. The number of thioether (sulfide) groups is 2. The van der Waals surface area contributed by atoms with Gasteiger partial charge in [0.05, 0.1) is 27.5 Å². The van der Waals surface area contributed by atoms with Crippen molar-refractivity contribution in [2.24, 2.45) is 0 Å². The van der Waals surface area contributed by atoms with Crippen molar-refractivity contribution in [1.82, 2.24) is 9.88 Å². The normalized spacial score (nSPS) is 20.3. The molecule has 29 heavy (non-hydrogen) atoms. The molecule has 1 fully saturated rings. The fourth-order valence-corrected chi connectivity index (χ4v) is 7.00. The summed E-state index contributed by atoms with van der Waals surface area (Å²) < 4.78 is 0. The molecule has 3 nitrogen and oxygen atoms in total. The lowest BCUT2D eigenvalue weighted by atomic mass is 10.00. The van der Waals surface area contributed by atoms with E-state index in [0.717, 1.165) is 23.4 Å². The van der Waals surface area contributed by atoms with Gasteiger partial charge in [-0.2, -0.15) is 0 Å². The fourth-order valence-electron chi connectivity index (χ4n) is 3.45. The SMILES string of the molecule is CC(c1ccccn1)N(C)C(=O)CSC1CCCCC1Sc1c(Cl)cccc1Cl. The first-order chi connectivity index (χ1) is 14.0. The van der Waals surface area contributed by atoms with E-state index >= 15 is 0 Å². The van der Waals surface area contributed by atoms with Crippen molar-refractivity contribution >= 4 is 52.6 Å². The molecule has 0 bridgehead atoms. The molecule has 1 heterocycles. The molecule has 0 spiro atoms. The van der Waals surface area contributed by atoms with Crippen LogP contribution in [0, 0.1) is 0 Å². The van der Waals surface area contributed by atoms with Gasteiger partial charge in [-0.3, -0.25) is 9.78 Å². The topological polar surface area (TPSA) is 33.2 Å². The van der Waals surface area contributed by atoms with Crippen LogP contribution >= 0.6 is 46.7 Å². The molecule has 156 valence electrons. The van der Waals surface area contributed by atoms with E-state index in [1.54, 1.807) is 34.6 Å². The Morgan fingerprint density at radius 1 is 1.14 bits per heavy atom. The van der Waals surface area contributed by atoms with Crippen molar-refractivity contribution < 1.29 is 4.79 Å². The Morgan fingerprint density at radius 2 is 1.83 bits per heavy atom. The number of halogens is 2. The maximum atomic E-state index is 12.8. The van der Waals surface area contributed by atoms with Gasteiger partial charge in [0, 0.05) is 28.6 Å². The largest absolute Gasteiger partial charge is 0.337 e. The van der Waals surface area contributed by atoms with Crippen LogP contribution in [-0.2, 0) is 4.79 Å². The minimum Gasteiger partial charge on any atom is -0.337 e. The van der Waals surface area contributed by atoms with Crippen LogP contribution in [0.4, 0.5) is 0 Å². The second-order valence-electron chi connectivity index (χ2n) is 7.28. The lowest BCUT2D eigenvalue weighted by molar-refractivity contribution is -0.129. The zero-order valence-corrected chi connectivity index (χ0v) is 19.8. The van der Waals surface area contributed by atoms with E-state index in [4.69, 9.17) is 23.2 Å². The minimum absolute atomic E-state index is 0.0391. The van der Waals surface area contributed by atoms with Gasteiger partial charge in [-0.1, -0.05) is 48.2 Å². The van der Waals surface area contributed by atoms with Crippen LogP contribution in [0.25, 0.3) is 0 Å². The number of carbonyl (C=O) groups is 1. The number of hydrogen-bond acceptors (Lipinski definition) is 4. The van der Waals surface area contributed by atoms with Gasteiger partial charge in [-0.05, 0) is 44.0 Å². The number of rotatable bonds is 7. The molecule has 1 aliphatic carbocycles. The molecule has 1 aromatic carbocycles. The van der Waals surface area contributed by atoms with E-state index < -0.39 is 0 Å². The first-order valence-corrected chi connectivity index (χ1v) is 12.5. The highest BCUT2D eigenvalue weighted by Crippen LogP contribution is 2.44. The maximum absolute atomic E-state index is 12.8. The molecule has 0 N–H and O–H groups in total. The predicted molar refractivity (Wildman–Crippen MR) is 126 cm³/mol. The van der Waals surface area contributed by atoms with Gasteiger partial charge in [-0.15, -0.1) is 23.5 Å². The van der Waals surface area contributed by atoms with Gasteiger partial charge in [0.2, 0.25) is 5.91 Å². The molecule has 3 atom stereocenters. The van der Waals surface area contributed by atoms with Crippen molar-refractivity contribution in [3.8, 4) is 0 Å². The highest BCUT2D eigenvalue weighted by Gasteiger charge is 2.29. The average molecular weight is 470 g/mol. The zero-order valence-electron chi connectivity index (χ0n) is 16.7. The standard InChI is InChI=1S/C22H26Cl2N2OS2/c1-15(18-10-5-6-13-25-18)26(2)21(27)14-28-19-11-3-4-12-20(19)29-22-16(23)8-7-9-17(22)24/h5-10,13,15,19-20H,3-4,11-12,14H2,1-2H3. The number of nitrogens with zero attached hydrogens (tertiary/aromatic N) is 2. The molecule has 0 aliphatic heterocycles. The molecule has 7 heteroatoms. The number of carbonyl (C=O) groups excluding carboxylic acids is 1. The van der Waals surface area contributed by atoms with E-state index in [-0.39, 0.29) is 11.9 Å². The number of benzene rings is 1. The Morgan fingerprint density at radius 3 is 2.48 bits per heavy atom. The van der Waals surface area contributed by atoms with Crippen molar-refractivity contribution in [3.63, 3.8) is 0 Å². The third kappa shape index (κ3) is 6.06. The first kappa shape index (κ1) is 22.8. The van der Waals surface area contributed by atoms with Crippen LogP contribution in [0.3, 0.4) is 0 Å². The maximum Gasteiger partial charge on any atom is 0.232 e. The van der Waals surface area contributed by atoms with E-state index in [1.807, 2.05) is 50.4 Å². The average Bonchev–Trinajstić information content (AvgIpc) is 2.75. The van der Waals surface area contributed by atoms with Crippen LogP contribution < -0.4 is 0 Å². The molecule has 1 amide bonds. The van der Waals surface area contributed by atoms with Crippen molar-refractivity contribution in [1.29, 1.82) is 0 Å². The van der Waals surface area contributed by atoms with Crippen molar-refractivity contribution in [2.45, 2.75) is 54.0 Å². The Bertz CT molecular complexity index is 801. The third-order valence-corrected chi connectivity index (χ3v) is 9.32. The Kier molecular flexibility index (Phi) is 8.60. The van der Waals surface area contributed by atoms with E-state index in [0.29, 0.717) is 26.3 Å². The Hall–Kier alpha value is -0.880. The highest BCUT2D eigenvalue weighted by molar-refractivity contribution is 8.04. The van der Waals surface area contributed by atoms with Crippen LogP contribution in [0.5, 0.6) is 0 Å². The number of aromatic nitrogens is 1. The Balaban J connectivity index is 1.59. The summed E-state index contributed by atoms with van der Waals surface area (Å²) in [7, 11) is 1.86. The summed E-state index contributed by atoms with van der Waals surface area (Å²) in [6.45, 7) is 2.02. The quantitative estimate of drug-likeness (QED) is 0.449. The molecular formula is C22H26Cl2N2OS2. The fraction of sp³-hybridized carbons (Fsp3) is 0.455. The lowest BCUT2D eigenvalue weighted by Crippen LogP contribution is -2.33. The molecule has 3 rings (SSSR count). The lowest BCUT2D eigenvalue weighted by Gasteiger charge is -2.32. The molecule has 0 saturated heterocycles. The van der Waals surface area contributed by atoms with Gasteiger partial charge < -0.3 is 4.90 Å². The summed E-state index contributed by atoms with van der Waals surface area (Å²) in [5.41, 5.74) is 0.910. The van der Waals surface area contributed by atoms with Crippen molar-refractivity contribution in [2.75, 3.05) is 12.8 Å². The predicted octanol–water partition coefficient (Wildman–Crippen LogP) is 6.74.